The third-order valence-corrected chi connectivity index (χ3v) is 6.76. The monoisotopic (exact) mass is 451 g/mol. The number of anilines is 1. The van der Waals surface area contributed by atoms with Crippen LogP contribution in [-0.4, -0.2) is 58.1 Å². The van der Waals surface area contributed by atoms with Crippen molar-refractivity contribution >= 4 is 33.2 Å². The first-order valence-electron chi connectivity index (χ1n) is 9.85. The first-order valence-corrected chi connectivity index (χ1v) is 11.7. The minimum Gasteiger partial charge on any atom is -0.492 e. The Hall–Kier alpha value is -2.29. The molecule has 0 aliphatic carbocycles. The van der Waals surface area contributed by atoms with Crippen molar-refractivity contribution in [3.63, 3.8) is 0 Å². The third kappa shape index (κ3) is 5.24. The summed E-state index contributed by atoms with van der Waals surface area (Å²) in [5.41, 5.74) is 1.12. The van der Waals surface area contributed by atoms with Gasteiger partial charge in [0.25, 0.3) is 0 Å². The average molecular weight is 452 g/mol. The van der Waals surface area contributed by atoms with Crippen LogP contribution in [0, 0.1) is 0 Å². The smallest absolute Gasteiger partial charge is 0.241 e. The predicted molar refractivity (Wildman–Crippen MR) is 118 cm³/mol. The van der Waals surface area contributed by atoms with Gasteiger partial charge in [-0.1, -0.05) is 29.8 Å². The van der Waals surface area contributed by atoms with E-state index in [2.05, 4.69) is 9.62 Å². The number of rotatable bonds is 7. The van der Waals surface area contributed by atoms with Gasteiger partial charge < -0.3 is 14.5 Å². The van der Waals surface area contributed by atoms with Gasteiger partial charge in [-0.2, -0.15) is 4.72 Å². The zero-order valence-electron chi connectivity index (χ0n) is 17.0. The van der Waals surface area contributed by atoms with E-state index in [0.717, 1.165) is 5.69 Å². The van der Waals surface area contributed by atoms with Gasteiger partial charge in [-0.15, -0.1) is 0 Å². The van der Waals surface area contributed by atoms with Crippen LogP contribution in [0.3, 0.4) is 0 Å². The topological polar surface area (TPSA) is 78.9 Å². The number of hydrogen-bond donors (Lipinski definition) is 1. The molecule has 1 atom stereocenters. The molecule has 1 heterocycles. The van der Waals surface area contributed by atoms with Crippen molar-refractivity contribution in [1.29, 1.82) is 0 Å². The van der Waals surface area contributed by atoms with Crippen molar-refractivity contribution in [3.8, 4) is 5.75 Å². The Morgan fingerprint density at radius 1 is 1.13 bits per heavy atom. The van der Waals surface area contributed by atoms with Gasteiger partial charge in [-0.05, 0) is 44.2 Å². The van der Waals surface area contributed by atoms with Crippen molar-refractivity contribution in [2.24, 2.45) is 0 Å². The molecular weight excluding hydrogens is 426 g/mol. The molecule has 1 saturated heterocycles. The maximum atomic E-state index is 12.8. The molecule has 162 valence electrons. The Morgan fingerprint density at radius 3 is 2.40 bits per heavy atom. The summed E-state index contributed by atoms with van der Waals surface area (Å²) in [5.74, 6) is 0.168. The number of carbonyl (C=O) groups is 1. The number of amides is 1. The Bertz CT molecular complexity index is 977. The van der Waals surface area contributed by atoms with Gasteiger partial charge in [0, 0.05) is 31.9 Å². The molecule has 1 N–H and O–H groups in total. The normalized spacial score (nSPS) is 15.7. The number of carbonyl (C=O) groups excluding carboxylic acids is 1. The van der Waals surface area contributed by atoms with Crippen LogP contribution in [0.4, 0.5) is 5.69 Å². The highest BCUT2D eigenvalue weighted by atomic mass is 35.5. The van der Waals surface area contributed by atoms with Gasteiger partial charge in [0.05, 0.1) is 22.6 Å². The summed E-state index contributed by atoms with van der Waals surface area (Å²) in [6.07, 6.45) is 0. The highest BCUT2D eigenvalue weighted by molar-refractivity contribution is 7.89. The van der Waals surface area contributed by atoms with Crippen molar-refractivity contribution in [2.75, 3.05) is 37.7 Å². The van der Waals surface area contributed by atoms with E-state index in [-0.39, 0.29) is 15.8 Å². The van der Waals surface area contributed by atoms with Crippen molar-refractivity contribution in [1.82, 2.24) is 9.62 Å². The van der Waals surface area contributed by atoms with Crippen LogP contribution in [0.1, 0.15) is 13.8 Å². The predicted octanol–water partition coefficient (Wildman–Crippen LogP) is 2.75. The van der Waals surface area contributed by atoms with Crippen LogP contribution in [0.25, 0.3) is 0 Å². The molecule has 7 nitrogen and oxygen atoms in total. The van der Waals surface area contributed by atoms with Gasteiger partial charge in [-0.25, -0.2) is 8.42 Å². The molecule has 0 saturated carbocycles. The van der Waals surface area contributed by atoms with E-state index in [1.165, 1.54) is 18.2 Å². The summed E-state index contributed by atoms with van der Waals surface area (Å²) in [6.45, 7) is 6.26. The van der Waals surface area contributed by atoms with E-state index in [0.29, 0.717) is 38.5 Å². The summed E-state index contributed by atoms with van der Waals surface area (Å²) in [4.78, 5) is 16.7. The van der Waals surface area contributed by atoms with Gasteiger partial charge in [0.15, 0.2) is 0 Å². The zero-order valence-corrected chi connectivity index (χ0v) is 18.6. The quantitative estimate of drug-likeness (QED) is 0.700. The highest BCUT2D eigenvalue weighted by Gasteiger charge is 2.28. The van der Waals surface area contributed by atoms with Crippen LogP contribution >= 0.6 is 11.6 Å². The maximum absolute atomic E-state index is 12.8. The van der Waals surface area contributed by atoms with E-state index in [9.17, 15) is 13.2 Å². The molecule has 0 spiro atoms. The zero-order chi connectivity index (χ0) is 21.7. The van der Waals surface area contributed by atoms with Gasteiger partial charge in [0.1, 0.15) is 5.75 Å². The van der Waals surface area contributed by atoms with E-state index in [1.807, 2.05) is 37.3 Å². The largest absolute Gasteiger partial charge is 0.492 e. The molecule has 0 bridgehead atoms. The lowest BCUT2D eigenvalue weighted by molar-refractivity contribution is -0.132. The first kappa shape index (κ1) is 22.4. The SMILES string of the molecule is CCOc1ccc(S(=O)(=O)N[C@H](C)C(=O)N2CCN(c3ccccc3)CC2)cc1Cl. The second kappa shape index (κ2) is 9.68. The summed E-state index contributed by atoms with van der Waals surface area (Å²) < 4.78 is 33.2. The Labute approximate surface area is 182 Å². The molecule has 3 rings (SSSR count). The molecule has 2 aromatic rings. The van der Waals surface area contributed by atoms with E-state index in [1.54, 1.807) is 11.8 Å². The Kier molecular flexibility index (Phi) is 7.23. The number of piperazine rings is 1. The number of ether oxygens (including phenoxy) is 1. The van der Waals surface area contributed by atoms with Crippen LogP contribution in [0.15, 0.2) is 53.4 Å². The summed E-state index contributed by atoms with van der Waals surface area (Å²) >= 11 is 6.10. The maximum Gasteiger partial charge on any atom is 0.241 e. The molecule has 1 amide bonds. The standard InChI is InChI=1S/C21H26ClN3O4S/c1-3-29-20-10-9-18(15-19(20)22)30(27,28)23-16(2)21(26)25-13-11-24(12-14-25)17-7-5-4-6-8-17/h4-10,15-16,23H,3,11-14H2,1-2H3/t16-/m1/s1. The number of nitrogens with zero attached hydrogens (tertiary/aromatic N) is 2. The van der Waals surface area contributed by atoms with Crippen molar-refractivity contribution < 1.29 is 17.9 Å². The van der Waals surface area contributed by atoms with Crippen LogP contribution in [-0.2, 0) is 14.8 Å². The molecule has 1 fully saturated rings. The molecule has 2 aromatic carbocycles. The molecular formula is C21H26ClN3O4S. The Morgan fingerprint density at radius 2 is 1.80 bits per heavy atom. The van der Waals surface area contributed by atoms with E-state index in [4.69, 9.17) is 16.3 Å². The lowest BCUT2D eigenvalue weighted by Crippen LogP contribution is -2.54. The van der Waals surface area contributed by atoms with Gasteiger partial charge >= 0.3 is 0 Å². The average Bonchev–Trinajstić information content (AvgIpc) is 2.75. The number of hydrogen-bond acceptors (Lipinski definition) is 5. The lowest BCUT2D eigenvalue weighted by atomic mass is 10.2. The molecule has 0 aromatic heterocycles. The van der Waals surface area contributed by atoms with Gasteiger partial charge in [0.2, 0.25) is 15.9 Å². The first-order chi connectivity index (χ1) is 14.3. The minimum atomic E-state index is -3.90. The number of benzene rings is 2. The van der Waals surface area contributed by atoms with E-state index < -0.39 is 16.1 Å². The number of para-hydroxylation sites is 1. The van der Waals surface area contributed by atoms with Crippen LogP contribution in [0.2, 0.25) is 5.02 Å². The summed E-state index contributed by atoms with van der Waals surface area (Å²) in [5, 5.41) is 0.204. The van der Waals surface area contributed by atoms with Crippen LogP contribution in [0.5, 0.6) is 5.75 Å². The van der Waals surface area contributed by atoms with E-state index >= 15 is 0 Å². The summed E-state index contributed by atoms with van der Waals surface area (Å²) in [6, 6.07) is 13.4. The van der Waals surface area contributed by atoms with Crippen molar-refractivity contribution in [3.05, 3.63) is 53.6 Å². The minimum absolute atomic E-state index is 0.00972. The fraction of sp³-hybridized carbons (Fsp3) is 0.381. The third-order valence-electron chi connectivity index (χ3n) is 4.93. The van der Waals surface area contributed by atoms with Crippen molar-refractivity contribution in [2.45, 2.75) is 24.8 Å². The highest BCUT2D eigenvalue weighted by Crippen LogP contribution is 2.27. The number of halogens is 1. The number of sulfonamides is 1. The second-order valence-corrected chi connectivity index (χ2v) is 9.14. The number of nitrogens with one attached hydrogen (secondary N) is 1. The molecule has 9 heteroatoms. The second-order valence-electron chi connectivity index (χ2n) is 7.02. The molecule has 1 aliphatic heterocycles. The molecule has 0 radical (unpaired) electrons. The molecule has 30 heavy (non-hydrogen) atoms. The lowest BCUT2D eigenvalue weighted by Gasteiger charge is -2.37. The molecule has 0 unspecified atom stereocenters. The fourth-order valence-electron chi connectivity index (χ4n) is 3.37. The summed E-state index contributed by atoms with van der Waals surface area (Å²) in [7, 11) is -3.90. The molecule has 1 aliphatic rings. The Balaban J connectivity index is 1.60. The fourth-order valence-corrected chi connectivity index (χ4v) is 4.89. The van der Waals surface area contributed by atoms with Gasteiger partial charge in [-0.3, -0.25) is 4.79 Å². The van der Waals surface area contributed by atoms with Crippen LogP contribution < -0.4 is 14.4 Å².